The summed E-state index contributed by atoms with van der Waals surface area (Å²) in [6, 6.07) is 0. The lowest BCUT2D eigenvalue weighted by Crippen LogP contribution is -2.40. The van der Waals surface area contributed by atoms with Crippen molar-refractivity contribution in [3.05, 3.63) is 30.2 Å². The van der Waals surface area contributed by atoms with Crippen molar-refractivity contribution >= 4 is 5.91 Å². The van der Waals surface area contributed by atoms with Gasteiger partial charge in [0.05, 0.1) is 24.7 Å². The van der Waals surface area contributed by atoms with Gasteiger partial charge in [0.15, 0.2) is 0 Å². The van der Waals surface area contributed by atoms with Crippen molar-refractivity contribution in [2.24, 2.45) is 5.92 Å². The van der Waals surface area contributed by atoms with Crippen LogP contribution in [0.25, 0.3) is 0 Å². The molecule has 0 radical (unpaired) electrons. The third-order valence-corrected chi connectivity index (χ3v) is 3.37. The smallest absolute Gasteiger partial charge is 0.227 e. The van der Waals surface area contributed by atoms with E-state index in [1.807, 2.05) is 11.8 Å². The van der Waals surface area contributed by atoms with Crippen LogP contribution in [0.3, 0.4) is 0 Å². The SMILES string of the molecule is C[C@@H](Cn1cncn1)C(=O)N1CCc2nocc2C1. The van der Waals surface area contributed by atoms with Gasteiger partial charge in [0, 0.05) is 18.5 Å². The Bertz CT molecular complexity index is 562. The molecule has 7 heteroatoms. The fourth-order valence-corrected chi connectivity index (χ4v) is 2.33. The van der Waals surface area contributed by atoms with Crippen LogP contribution in [0, 0.1) is 5.92 Å². The molecule has 0 bridgehead atoms. The van der Waals surface area contributed by atoms with Crippen LogP contribution < -0.4 is 0 Å². The van der Waals surface area contributed by atoms with Crippen molar-refractivity contribution in [2.75, 3.05) is 6.54 Å². The van der Waals surface area contributed by atoms with Crippen LogP contribution in [-0.4, -0.2) is 37.3 Å². The largest absolute Gasteiger partial charge is 0.364 e. The number of aromatic nitrogens is 4. The van der Waals surface area contributed by atoms with Crippen LogP contribution in [0.2, 0.25) is 0 Å². The molecule has 0 spiro atoms. The zero-order valence-electron chi connectivity index (χ0n) is 10.7. The predicted molar refractivity (Wildman–Crippen MR) is 64.8 cm³/mol. The highest BCUT2D eigenvalue weighted by Crippen LogP contribution is 2.19. The lowest BCUT2D eigenvalue weighted by Gasteiger charge is -2.28. The van der Waals surface area contributed by atoms with Gasteiger partial charge in [0.25, 0.3) is 0 Å². The minimum absolute atomic E-state index is 0.122. The predicted octanol–water partition coefficient (Wildman–Crippen LogP) is 0.487. The van der Waals surface area contributed by atoms with E-state index >= 15 is 0 Å². The van der Waals surface area contributed by atoms with Gasteiger partial charge in [0.1, 0.15) is 18.9 Å². The van der Waals surface area contributed by atoms with Crippen molar-refractivity contribution in [2.45, 2.75) is 26.4 Å². The quantitative estimate of drug-likeness (QED) is 0.803. The Hall–Kier alpha value is -2.18. The van der Waals surface area contributed by atoms with Crippen LogP contribution >= 0.6 is 0 Å². The summed E-state index contributed by atoms with van der Waals surface area (Å²) in [6.45, 7) is 3.73. The fourth-order valence-electron chi connectivity index (χ4n) is 2.33. The number of hydrogen-bond donors (Lipinski definition) is 0. The van der Waals surface area contributed by atoms with E-state index in [1.54, 1.807) is 17.3 Å². The highest BCUT2D eigenvalue weighted by Gasteiger charge is 2.26. The molecule has 1 aliphatic heterocycles. The normalized spacial score (nSPS) is 16.2. The number of rotatable bonds is 3. The Morgan fingerprint density at radius 3 is 3.26 bits per heavy atom. The van der Waals surface area contributed by atoms with E-state index in [-0.39, 0.29) is 11.8 Å². The molecule has 100 valence electrons. The van der Waals surface area contributed by atoms with Gasteiger partial charge < -0.3 is 9.42 Å². The van der Waals surface area contributed by atoms with Gasteiger partial charge in [-0.15, -0.1) is 0 Å². The molecule has 1 amide bonds. The number of carbonyl (C=O) groups is 1. The Kier molecular flexibility index (Phi) is 3.02. The molecule has 2 aromatic rings. The van der Waals surface area contributed by atoms with Gasteiger partial charge >= 0.3 is 0 Å². The lowest BCUT2D eigenvalue weighted by atomic mass is 10.1. The second-order valence-electron chi connectivity index (χ2n) is 4.81. The zero-order valence-corrected chi connectivity index (χ0v) is 10.7. The summed E-state index contributed by atoms with van der Waals surface area (Å²) < 4.78 is 6.61. The third-order valence-electron chi connectivity index (χ3n) is 3.37. The molecule has 0 aliphatic carbocycles. The Morgan fingerprint density at radius 1 is 1.58 bits per heavy atom. The van der Waals surface area contributed by atoms with Crippen molar-refractivity contribution in [1.29, 1.82) is 0 Å². The number of amides is 1. The highest BCUT2D eigenvalue weighted by molar-refractivity contribution is 5.78. The van der Waals surface area contributed by atoms with Crippen LogP contribution in [0.4, 0.5) is 0 Å². The summed E-state index contributed by atoms with van der Waals surface area (Å²) in [5, 5.41) is 7.94. The molecule has 7 nitrogen and oxygen atoms in total. The first-order chi connectivity index (χ1) is 9.24. The van der Waals surface area contributed by atoms with E-state index in [1.165, 1.54) is 6.33 Å². The maximum atomic E-state index is 12.4. The molecule has 19 heavy (non-hydrogen) atoms. The van der Waals surface area contributed by atoms with Gasteiger partial charge in [-0.05, 0) is 0 Å². The van der Waals surface area contributed by atoms with Gasteiger partial charge in [-0.1, -0.05) is 12.1 Å². The Morgan fingerprint density at radius 2 is 2.47 bits per heavy atom. The maximum Gasteiger partial charge on any atom is 0.227 e. The van der Waals surface area contributed by atoms with Crippen LogP contribution in [0.1, 0.15) is 18.2 Å². The lowest BCUT2D eigenvalue weighted by molar-refractivity contribution is -0.136. The molecule has 0 saturated heterocycles. The first kappa shape index (κ1) is 11.9. The zero-order chi connectivity index (χ0) is 13.2. The number of fused-ring (bicyclic) bond motifs is 1. The van der Waals surface area contributed by atoms with Gasteiger partial charge in [-0.25, -0.2) is 4.98 Å². The molecule has 2 aromatic heterocycles. The molecule has 1 aliphatic rings. The average molecular weight is 261 g/mol. The third kappa shape index (κ3) is 2.35. The van der Waals surface area contributed by atoms with E-state index in [0.29, 0.717) is 19.6 Å². The fraction of sp³-hybridized carbons (Fsp3) is 0.500. The Balaban J connectivity index is 1.65. The van der Waals surface area contributed by atoms with Crippen LogP contribution in [-0.2, 0) is 24.3 Å². The molecular formula is C12H15N5O2. The van der Waals surface area contributed by atoms with E-state index in [2.05, 4.69) is 15.2 Å². The molecule has 0 unspecified atom stereocenters. The van der Waals surface area contributed by atoms with Crippen molar-refractivity contribution in [1.82, 2.24) is 24.8 Å². The molecule has 3 heterocycles. The Labute approximate surface area is 110 Å². The summed E-state index contributed by atoms with van der Waals surface area (Å²) in [7, 11) is 0. The summed E-state index contributed by atoms with van der Waals surface area (Å²) >= 11 is 0. The van der Waals surface area contributed by atoms with E-state index in [4.69, 9.17) is 4.52 Å². The summed E-state index contributed by atoms with van der Waals surface area (Å²) in [4.78, 5) is 18.1. The van der Waals surface area contributed by atoms with Crippen LogP contribution in [0.15, 0.2) is 23.4 Å². The molecular weight excluding hydrogens is 246 g/mol. The first-order valence-corrected chi connectivity index (χ1v) is 6.27. The van der Waals surface area contributed by atoms with Crippen molar-refractivity contribution in [3.63, 3.8) is 0 Å². The number of nitrogens with zero attached hydrogens (tertiary/aromatic N) is 5. The molecule has 0 aromatic carbocycles. The monoisotopic (exact) mass is 261 g/mol. The summed E-state index contributed by atoms with van der Waals surface area (Å²) in [5.74, 6) is 0.00506. The minimum Gasteiger partial charge on any atom is -0.364 e. The van der Waals surface area contributed by atoms with E-state index in [0.717, 1.165) is 17.7 Å². The van der Waals surface area contributed by atoms with E-state index in [9.17, 15) is 4.79 Å². The summed E-state index contributed by atoms with van der Waals surface area (Å²) in [6.07, 6.45) is 5.48. The van der Waals surface area contributed by atoms with Crippen LogP contribution in [0.5, 0.6) is 0 Å². The van der Waals surface area contributed by atoms with Crippen molar-refractivity contribution in [3.8, 4) is 0 Å². The summed E-state index contributed by atoms with van der Waals surface area (Å²) in [5.41, 5.74) is 1.97. The van der Waals surface area contributed by atoms with Gasteiger partial charge in [0.2, 0.25) is 5.91 Å². The van der Waals surface area contributed by atoms with Gasteiger partial charge in [-0.2, -0.15) is 5.10 Å². The number of carbonyl (C=O) groups excluding carboxylic acids is 1. The van der Waals surface area contributed by atoms with E-state index < -0.39 is 0 Å². The molecule has 0 fully saturated rings. The molecule has 0 N–H and O–H groups in total. The first-order valence-electron chi connectivity index (χ1n) is 6.27. The molecule has 1 atom stereocenters. The maximum absolute atomic E-state index is 12.4. The highest BCUT2D eigenvalue weighted by atomic mass is 16.5. The second-order valence-corrected chi connectivity index (χ2v) is 4.81. The molecule has 0 saturated carbocycles. The topological polar surface area (TPSA) is 77.1 Å². The number of hydrogen-bond acceptors (Lipinski definition) is 5. The standard InChI is InChI=1S/C12H15N5O2/c1-9(4-17-8-13-7-14-17)12(18)16-3-2-11-10(5-16)6-19-15-11/h6-9H,2-5H2,1H3/t9-/m0/s1. The molecule has 3 rings (SSSR count). The van der Waals surface area contributed by atoms with Gasteiger partial charge in [-0.3, -0.25) is 9.48 Å². The minimum atomic E-state index is -0.122. The van der Waals surface area contributed by atoms with Crippen molar-refractivity contribution < 1.29 is 9.32 Å². The average Bonchev–Trinajstić information content (AvgIpc) is 3.07. The second kappa shape index (κ2) is 4.83.